The predicted octanol–water partition coefficient (Wildman–Crippen LogP) is -1.05. The lowest BCUT2D eigenvalue weighted by atomic mass is 10.2. The molecule has 0 bridgehead atoms. The maximum absolute atomic E-state index is 8.49. The Labute approximate surface area is 116 Å². The Bertz CT molecular complexity index is 478. The van der Waals surface area contributed by atoms with Gasteiger partial charge in [0, 0.05) is 11.6 Å². The van der Waals surface area contributed by atoms with Crippen molar-refractivity contribution in [3.8, 4) is 16.2 Å². The molecule has 19 heavy (non-hydrogen) atoms. The van der Waals surface area contributed by atoms with E-state index in [0.717, 1.165) is 5.75 Å². The third kappa shape index (κ3) is 7.02. The first-order chi connectivity index (χ1) is 8.90. The Morgan fingerprint density at radius 1 is 0.947 bits per heavy atom. The Morgan fingerprint density at radius 2 is 1.53 bits per heavy atom. The fraction of sp³-hybridized carbons (Fsp3) is 0.0833. The van der Waals surface area contributed by atoms with E-state index in [0.29, 0.717) is 0 Å². The zero-order chi connectivity index (χ0) is 14.3. The number of benzene rings is 1. The van der Waals surface area contributed by atoms with Gasteiger partial charge in [-0.05, 0) is 30.3 Å². The number of halogens is 1. The van der Waals surface area contributed by atoms with E-state index in [1.807, 2.05) is 18.2 Å². The lowest BCUT2D eigenvalue weighted by Crippen LogP contribution is -2.68. The second-order valence-electron chi connectivity index (χ2n) is 3.28. The third-order valence-corrected chi connectivity index (χ3v) is 2.93. The van der Waals surface area contributed by atoms with Crippen LogP contribution in [0.4, 0.5) is 0 Å². The summed E-state index contributed by atoms with van der Waals surface area (Å²) in [6, 6.07) is 14.3. The molecule has 1 heterocycles. The number of rotatable bonds is 2. The average molecular weight is 303 g/mol. The number of methoxy groups -OCH3 is 1. The van der Waals surface area contributed by atoms with Crippen molar-refractivity contribution in [1.29, 1.82) is 0 Å². The fourth-order valence-corrected chi connectivity index (χ4v) is 2.00. The summed E-state index contributed by atoms with van der Waals surface area (Å²) in [5.41, 5.74) is 1.23. The van der Waals surface area contributed by atoms with Crippen LogP contribution in [0.3, 0.4) is 0 Å². The molecule has 1 aromatic carbocycles. The molecule has 0 unspecified atom stereocenters. The first-order valence-corrected chi connectivity index (χ1v) is 7.14. The molecule has 0 amide bonds. The SMILES string of the molecule is COc1ccc(-c2cccc[s+]2)cc1.[O-][Cl+3]([O-])([O-])[O-]. The molecular weight excluding hydrogens is 292 g/mol. The number of hydrogen-bond donors (Lipinski definition) is 0. The normalized spacial score (nSPS) is 10.4. The van der Waals surface area contributed by atoms with Crippen LogP contribution in [0, 0.1) is 10.2 Å². The Morgan fingerprint density at radius 3 is 1.95 bits per heavy atom. The molecule has 5 nitrogen and oxygen atoms in total. The smallest absolute Gasteiger partial charge is 0.237 e. The largest absolute Gasteiger partial charge is 0.497 e. The summed E-state index contributed by atoms with van der Waals surface area (Å²) < 4.78 is 39.1. The van der Waals surface area contributed by atoms with E-state index in [1.165, 1.54) is 10.4 Å². The Hall–Kier alpha value is -1.28. The fourth-order valence-electron chi connectivity index (χ4n) is 1.26. The molecule has 0 aliphatic heterocycles. The van der Waals surface area contributed by atoms with Crippen LogP contribution in [0.15, 0.2) is 47.8 Å². The van der Waals surface area contributed by atoms with Crippen LogP contribution < -0.4 is 23.4 Å². The van der Waals surface area contributed by atoms with Gasteiger partial charge >= 0.3 is 0 Å². The minimum absolute atomic E-state index is 0.898. The Balaban J connectivity index is 0.000000312. The summed E-state index contributed by atoms with van der Waals surface area (Å²) in [6.07, 6.45) is 0. The van der Waals surface area contributed by atoms with Gasteiger partial charge in [-0.3, -0.25) is 0 Å². The summed E-state index contributed by atoms with van der Waals surface area (Å²) in [7, 11) is -3.26. The second-order valence-corrected chi connectivity index (χ2v) is 4.98. The average Bonchev–Trinajstić information content (AvgIpc) is 2.38. The van der Waals surface area contributed by atoms with Crippen LogP contribution in [-0.2, 0) is 0 Å². The topological polar surface area (TPSA) is 101 Å². The van der Waals surface area contributed by atoms with Gasteiger partial charge in [0.05, 0.1) is 7.11 Å². The molecule has 0 atom stereocenters. The zero-order valence-corrected chi connectivity index (χ0v) is 11.5. The van der Waals surface area contributed by atoms with Gasteiger partial charge in [0.1, 0.15) is 5.75 Å². The maximum Gasteiger partial charge on any atom is 0.237 e. The van der Waals surface area contributed by atoms with Crippen LogP contribution in [0.25, 0.3) is 10.4 Å². The molecule has 102 valence electrons. The highest BCUT2D eigenvalue weighted by atomic mass is 35.7. The van der Waals surface area contributed by atoms with E-state index in [2.05, 4.69) is 29.6 Å². The van der Waals surface area contributed by atoms with Crippen molar-refractivity contribution in [2.24, 2.45) is 0 Å². The van der Waals surface area contributed by atoms with Crippen LogP contribution >= 0.6 is 11.3 Å². The first kappa shape index (κ1) is 15.8. The summed E-state index contributed by atoms with van der Waals surface area (Å²) in [6.45, 7) is 0. The molecular formula is C12H11ClO5S. The van der Waals surface area contributed by atoms with E-state index >= 15 is 0 Å². The van der Waals surface area contributed by atoms with Crippen molar-refractivity contribution in [2.75, 3.05) is 7.11 Å². The zero-order valence-electron chi connectivity index (χ0n) is 9.95. The quantitative estimate of drug-likeness (QED) is 0.659. The lowest BCUT2D eigenvalue weighted by molar-refractivity contribution is -2.00. The molecule has 0 N–H and O–H groups in total. The van der Waals surface area contributed by atoms with Crippen molar-refractivity contribution < 1.29 is 33.6 Å². The molecule has 0 aliphatic rings. The lowest BCUT2D eigenvalue weighted by Gasteiger charge is -2.17. The molecule has 1 aromatic heterocycles. The monoisotopic (exact) mass is 302 g/mol. The van der Waals surface area contributed by atoms with Crippen molar-refractivity contribution >= 4 is 11.3 Å². The Kier molecular flexibility index (Phi) is 6.10. The summed E-state index contributed by atoms with van der Waals surface area (Å²) in [5.74, 6) is 0.898. The van der Waals surface area contributed by atoms with Crippen LogP contribution in [-0.4, -0.2) is 7.11 Å². The van der Waals surface area contributed by atoms with Crippen molar-refractivity contribution in [2.45, 2.75) is 0 Å². The predicted molar refractivity (Wildman–Crippen MR) is 60.7 cm³/mol. The molecule has 0 fully saturated rings. The maximum atomic E-state index is 8.49. The van der Waals surface area contributed by atoms with Gasteiger partial charge < -0.3 is 4.74 Å². The molecule has 7 heteroatoms. The molecule has 0 spiro atoms. The van der Waals surface area contributed by atoms with E-state index in [-0.39, 0.29) is 0 Å². The summed E-state index contributed by atoms with van der Waals surface area (Å²) in [4.78, 5) is 1.27. The van der Waals surface area contributed by atoms with Crippen LogP contribution in [0.1, 0.15) is 0 Å². The van der Waals surface area contributed by atoms with Crippen molar-refractivity contribution in [3.05, 3.63) is 47.8 Å². The number of hydrogen-bond acceptors (Lipinski definition) is 5. The van der Waals surface area contributed by atoms with Gasteiger partial charge in [-0.2, -0.15) is 0 Å². The van der Waals surface area contributed by atoms with Crippen molar-refractivity contribution in [3.63, 3.8) is 0 Å². The number of ether oxygens (including phenoxy) is 1. The highest BCUT2D eigenvalue weighted by Crippen LogP contribution is 2.24. The summed E-state index contributed by atoms with van der Waals surface area (Å²) >= 11 is 1.74. The van der Waals surface area contributed by atoms with Crippen LogP contribution in [0.5, 0.6) is 5.75 Å². The highest BCUT2D eigenvalue weighted by molar-refractivity contribution is 7.13. The molecule has 0 aliphatic carbocycles. The molecule has 2 aromatic rings. The standard InChI is InChI=1S/C12H11OS.ClHO4/c1-13-11-7-5-10(6-8-11)12-4-2-3-9-14-12;2-1(3,4)5/h2-9H,1H3;(H,2,3,4,5)/q+1;/p-1. The molecule has 0 saturated heterocycles. The third-order valence-electron chi connectivity index (χ3n) is 2.01. The van der Waals surface area contributed by atoms with Crippen LogP contribution in [0.2, 0.25) is 0 Å². The molecule has 2 rings (SSSR count). The minimum atomic E-state index is -4.94. The minimum Gasteiger partial charge on any atom is -0.497 e. The first-order valence-electron chi connectivity index (χ1n) is 5.03. The van der Waals surface area contributed by atoms with Gasteiger partial charge in [-0.15, -0.1) is 10.2 Å². The van der Waals surface area contributed by atoms with Gasteiger partial charge in [-0.25, -0.2) is 18.6 Å². The second kappa shape index (κ2) is 7.34. The van der Waals surface area contributed by atoms with Crippen molar-refractivity contribution in [1.82, 2.24) is 0 Å². The molecule has 0 radical (unpaired) electrons. The summed E-state index contributed by atoms with van der Waals surface area (Å²) in [5, 5.41) is 2.08. The highest BCUT2D eigenvalue weighted by Gasteiger charge is 2.06. The molecule has 0 saturated carbocycles. The van der Waals surface area contributed by atoms with Gasteiger partial charge in [0.2, 0.25) is 16.2 Å². The van der Waals surface area contributed by atoms with Gasteiger partial charge in [0.25, 0.3) is 0 Å². The van der Waals surface area contributed by atoms with E-state index in [9.17, 15) is 0 Å². The van der Waals surface area contributed by atoms with Gasteiger partial charge in [0.15, 0.2) is 5.38 Å². The van der Waals surface area contributed by atoms with E-state index < -0.39 is 10.2 Å². The van der Waals surface area contributed by atoms with E-state index in [1.54, 1.807) is 18.4 Å². The van der Waals surface area contributed by atoms with E-state index in [4.69, 9.17) is 23.4 Å². The van der Waals surface area contributed by atoms with Gasteiger partial charge in [-0.1, -0.05) is 6.07 Å².